The Morgan fingerprint density at radius 1 is 1.58 bits per heavy atom. The second-order valence-corrected chi connectivity index (χ2v) is 6.20. The number of thioether (sulfide) groups is 1. The fourth-order valence-electron chi connectivity index (χ4n) is 1.74. The van der Waals surface area contributed by atoms with E-state index in [1.807, 2.05) is 17.5 Å². The van der Waals surface area contributed by atoms with E-state index in [4.69, 9.17) is 0 Å². The molecule has 0 bridgehead atoms. The highest BCUT2D eigenvalue weighted by Crippen LogP contribution is 2.18. The lowest BCUT2D eigenvalue weighted by Crippen LogP contribution is -2.59. The molecule has 7 heteroatoms. The molecule has 1 saturated heterocycles. The van der Waals surface area contributed by atoms with E-state index in [0.717, 1.165) is 5.75 Å². The average Bonchev–Trinajstić information content (AvgIpc) is 2.86. The van der Waals surface area contributed by atoms with Crippen LogP contribution in [0.2, 0.25) is 0 Å². The van der Waals surface area contributed by atoms with E-state index >= 15 is 0 Å². The number of hydrogen-bond acceptors (Lipinski definition) is 5. The number of rotatable bonds is 4. The molecule has 0 saturated carbocycles. The van der Waals surface area contributed by atoms with Gasteiger partial charge in [0, 0.05) is 10.6 Å². The minimum Gasteiger partial charge on any atom is -0.321 e. The quantitative estimate of drug-likeness (QED) is 0.837. The summed E-state index contributed by atoms with van der Waals surface area (Å²) in [5.41, 5.74) is 0. The molecule has 1 aromatic heterocycles. The Bertz CT molecular complexity index is 487. The van der Waals surface area contributed by atoms with Crippen LogP contribution in [0.3, 0.4) is 0 Å². The Morgan fingerprint density at radius 3 is 3.05 bits per heavy atom. The maximum atomic E-state index is 12.0. The van der Waals surface area contributed by atoms with Crippen LogP contribution in [0.4, 0.5) is 0 Å². The van der Waals surface area contributed by atoms with Crippen molar-refractivity contribution in [3.8, 4) is 0 Å². The second kappa shape index (κ2) is 6.21. The van der Waals surface area contributed by atoms with Gasteiger partial charge in [-0.25, -0.2) is 0 Å². The lowest BCUT2D eigenvalue weighted by atomic mass is 10.2. The van der Waals surface area contributed by atoms with Crippen molar-refractivity contribution in [1.29, 1.82) is 0 Å². The molecule has 1 aromatic rings. The summed E-state index contributed by atoms with van der Waals surface area (Å²) in [5, 5.41) is 4.21. The van der Waals surface area contributed by atoms with Crippen LogP contribution in [-0.4, -0.2) is 41.0 Å². The molecule has 1 fully saturated rings. The molecule has 1 N–H and O–H groups in total. The number of nitrogens with zero attached hydrogens (tertiary/aromatic N) is 1. The van der Waals surface area contributed by atoms with Crippen molar-refractivity contribution in [1.82, 2.24) is 10.2 Å². The summed E-state index contributed by atoms with van der Waals surface area (Å²) in [6.45, 7) is 1.59. The van der Waals surface area contributed by atoms with Crippen LogP contribution < -0.4 is 5.32 Å². The third kappa shape index (κ3) is 3.57. The summed E-state index contributed by atoms with van der Waals surface area (Å²) in [4.78, 5) is 37.3. The molecule has 0 spiro atoms. The smallest absolute Gasteiger partial charge is 0.249 e. The number of hydrogen-bond donors (Lipinski definition) is 1. The second-order valence-electron chi connectivity index (χ2n) is 4.18. The first-order chi connectivity index (χ1) is 9.08. The molecule has 2 rings (SSSR count). The van der Waals surface area contributed by atoms with Gasteiger partial charge in [-0.05, 0) is 18.4 Å². The molecule has 1 aliphatic heterocycles. The van der Waals surface area contributed by atoms with Crippen LogP contribution in [0.25, 0.3) is 0 Å². The van der Waals surface area contributed by atoms with Gasteiger partial charge in [-0.2, -0.15) is 0 Å². The molecule has 1 unspecified atom stereocenters. The standard InChI is InChI=1S/C12H14N2O3S2/c1-8-12(17)13-10(15)5-14(8)11(16)7-18-6-9-3-2-4-19-9/h2-4,8H,5-7H2,1H3,(H,13,15,17). The van der Waals surface area contributed by atoms with Crippen LogP contribution in [-0.2, 0) is 20.1 Å². The Kier molecular flexibility index (Phi) is 4.60. The summed E-state index contributed by atoms with van der Waals surface area (Å²) >= 11 is 3.14. The molecule has 3 amide bonds. The van der Waals surface area contributed by atoms with E-state index in [9.17, 15) is 14.4 Å². The molecule has 0 aliphatic carbocycles. The average molecular weight is 298 g/mol. The van der Waals surface area contributed by atoms with Crippen LogP contribution in [0.5, 0.6) is 0 Å². The zero-order chi connectivity index (χ0) is 13.8. The predicted molar refractivity (Wildman–Crippen MR) is 74.8 cm³/mol. The first-order valence-electron chi connectivity index (χ1n) is 5.81. The van der Waals surface area contributed by atoms with Gasteiger partial charge in [-0.15, -0.1) is 23.1 Å². The third-order valence-electron chi connectivity index (χ3n) is 2.79. The van der Waals surface area contributed by atoms with Crippen LogP contribution in [0, 0.1) is 0 Å². The van der Waals surface area contributed by atoms with Crippen molar-refractivity contribution >= 4 is 40.8 Å². The van der Waals surface area contributed by atoms with Gasteiger partial charge in [-0.1, -0.05) is 6.07 Å². The van der Waals surface area contributed by atoms with Gasteiger partial charge in [0.2, 0.25) is 17.7 Å². The predicted octanol–water partition coefficient (Wildman–Crippen LogP) is 0.855. The summed E-state index contributed by atoms with van der Waals surface area (Å²) in [6.07, 6.45) is 0. The fraction of sp³-hybridized carbons (Fsp3) is 0.417. The van der Waals surface area contributed by atoms with Gasteiger partial charge in [0.15, 0.2) is 0 Å². The molecule has 19 heavy (non-hydrogen) atoms. The van der Waals surface area contributed by atoms with Gasteiger partial charge in [0.25, 0.3) is 0 Å². The monoisotopic (exact) mass is 298 g/mol. The molecular formula is C12H14N2O3S2. The first kappa shape index (κ1) is 14.1. The third-order valence-corrected chi connectivity index (χ3v) is 4.82. The molecule has 1 aliphatic rings. The number of piperazine rings is 1. The molecule has 0 aromatic carbocycles. The van der Waals surface area contributed by atoms with Crippen molar-refractivity contribution in [2.24, 2.45) is 0 Å². The lowest BCUT2D eigenvalue weighted by molar-refractivity contribution is -0.148. The Labute approximate surface area is 119 Å². The van der Waals surface area contributed by atoms with Gasteiger partial charge >= 0.3 is 0 Å². The highest BCUT2D eigenvalue weighted by molar-refractivity contribution is 7.99. The minimum atomic E-state index is -0.576. The molecule has 5 nitrogen and oxygen atoms in total. The molecule has 1 atom stereocenters. The Morgan fingerprint density at radius 2 is 2.37 bits per heavy atom. The highest BCUT2D eigenvalue weighted by atomic mass is 32.2. The largest absolute Gasteiger partial charge is 0.321 e. The van der Waals surface area contributed by atoms with E-state index in [1.54, 1.807) is 18.3 Å². The van der Waals surface area contributed by atoms with Crippen molar-refractivity contribution in [3.63, 3.8) is 0 Å². The van der Waals surface area contributed by atoms with Crippen molar-refractivity contribution in [2.45, 2.75) is 18.7 Å². The van der Waals surface area contributed by atoms with Crippen molar-refractivity contribution in [2.75, 3.05) is 12.3 Å². The van der Waals surface area contributed by atoms with E-state index in [2.05, 4.69) is 5.32 Å². The van der Waals surface area contributed by atoms with Crippen molar-refractivity contribution < 1.29 is 14.4 Å². The van der Waals surface area contributed by atoms with Gasteiger partial charge in [0.1, 0.15) is 12.6 Å². The Balaban J connectivity index is 1.85. The SMILES string of the molecule is CC1C(=O)NC(=O)CN1C(=O)CSCc1cccs1. The topological polar surface area (TPSA) is 66.5 Å². The minimum absolute atomic E-state index is 0.0364. The van der Waals surface area contributed by atoms with E-state index in [1.165, 1.54) is 21.5 Å². The number of thiophene rings is 1. The van der Waals surface area contributed by atoms with E-state index in [0.29, 0.717) is 0 Å². The van der Waals surface area contributed by atoms with Gasteiger partial charge < -0.3 is 4.90 Å². The summed E-state index contributed by atoms with van der Waals surface area (Å²) in [6, 6.07) is 3.41. The molecule has 2 heterocycles. The van der Waals surface area contributed by atoms with E-state index < -0.39 is 17.9 Å². The van der Waals surface area contributed by atoms with Gasteiger partial charge in [0.05, 0.1) is 5.75 Å². The van der Waals surface area contributed by atoms with Crippen molar-refractivity contribution in [3.05, 3.63) is 22.4 Å². The van der Waals surface area contributed by atoms with Crippen LogP contribution in [0.1, 0.15) is 11.8 Å². The maximum absolute atomic E-state index is 12.0. The number of nitrogens with one attached hydrogen (secondary N) is 1. The van der Waals surface area contributed by atoms with Crippen LogP contribution in [0.15, 0.2) is 17.5 Å². The van der Waals surface area contributed by atoms with Gasteiger partial charge in [-0.3, -0.25) is 19.7 Å². The first-order valence-corrected chi connectivity index (χ1v) is 7.84. The number of imide groups is 1. The molecule has 102 valence electrons. The van der Waals surface area contributed by atoms with E-state index in [-0.39, 0.29) is 18.2 Å². The zero-order valence-electron chi connectivity index (χ0n) is 10.4. The molecule has 0 radical (unpaired) electrons. The maximum Gasteiger partial charge on any atom is 0.249 e. The lowest BCUT2D eigenvalue weighted by Gasteiger charge is -2.31. The zero-order valence-corrected chi connectivity index (χ0v) is 12.1. The highest BCUT2D eigenvalue weighted by Gasteiger charge is 2.33. The number of carbonyl (C=O) groups is 3. The van der Waals surface area contributed by atoms with Crippen LogP contribution >= 0.6 is 23.1 Å². The molecular weight excluding hydrogens is 284 g/mol. The number of amides is 3. The summed E-state index contributed by atoms with van der Waals surface area (Å²) in [7, 11) is 0. The fourth-order valence-corrected chi connectivity index (χ4v) is 3.49. The summed E-state index contributed by atoms with van der Waals surface area (Å²) in [5.74, 6) is 0.0546. The summed E-state index contributed by atoms with van der Waals surface area (Å²) < 4.78 is 0. The number of carbonyl (C=O) groups excluding carboxylic acids is 3. The normalized spacial score (nSPS) is 19.4. The Hall–Kier alpha value is -1.34.